The summed E-state index contributed by atoms with van der Waals surface area (Å²) in [7, 11) is 1.87. The van der Waals surface area contributed by atoms with E-state index in [2.05, 4.69) is 41.1 Å². The maximum atomic E-state index is 12.5. The zero-order valence-corrected chi connectivity index (χ0v) is 17.2. The summed E-state index contributed by atoms with van der Waals surface area (Å²) in [5.74, 6) is 0.230. The first-order valence-corrected chi connectivity index (χ1v) is 9.91. The van der Waals surface area contributed by atoms with Gasteiger partial charge in [0.05, 0.1) is 13.1 Å². The minimum atomic E-state index is 0.0897. The Bertz CT molecular complexity index is 626. The molecule has 0 spiro atoms. The van der Waals surface area contributed by atoms with Crippen LogP contribution >= 0.6 is 0 Å². The van der Waals surface area contributed by atoms with Crippen LogP contribution in [-0.2, 0) is 16.1 Å². The maximum absolute atomic E-state index is 12.5. The summed E-state index contributed by atoms with van der Waals surface area (Å²) in [5, 5.41) is 3.01. The van der Waals surface area contributed by atoms with Crippen LogP contribution in [0.15, 0.2) is 24.3 Å². The summed E-state index contributed by atoms with van der Waals surface area (Å²) >= 11 is 0. The highest BCUT2D eigenvalue weighted by Gasteiger charge is 2.22. The third-order valence-corrected chi connectivity index (χ3v) is 5.31. The van der Waals surface area contributed by atoms with Crippen LogP contribution in [0.1, 0.15) is 31.4 Å². The first kappa shape index (κ1) is 21.4. The van der Waals surface area contributed by atoms with Crippen molar-refractivity contribution in [2.75, 3.05) is 46.3 Å². The van der Waals surface area contributed by atoms with Crippen molar-refractivity contribution in [2.45, 2.75) is 39.8 Å². The van der Waals surface area contributed by atoms with Crippen molar-refractivity contribution >= 4 is 11.8 Å². The average molecular weight is 375 g/mol. The van der Waals surface area contributed by atoms with Crippen molar-refractivity contribution in [1.82, 2.24) is 20.0 Å². The van der Waals surface area contributed by atoms with Gasteiger partial charge < -0.3 is 10.2 Å². The van der Waals surface area contributed by atoms with Crippen molar-refractivity contribution in [3.05, 3.63) is 35.4 Å². The van der Waals surface area contributed by atoms with Gasteiger partial charge in [0.1, 0.15) is 0 Å². The molecule has 1 fully saturated rings. The van der Waals surface area contributed by atoms with E-state index < -0.39 is 0 Å². The lowest BCUT2D eigenvalue weighted by Gasteiger charge is -2.34. The van der Waals surface area contributed by atoms with Gasteiger partial charge in [-0.1, -0.05) is 31.2 Å². The molecule has 2 amide bonds. The van der Waals surface area contributed by atoms with Crippen LogP contribution in [0.2, 0.25) is 0 Å². The standard InChI is InChI=1S/C21H34N4O2/c1-5-18(3)22-20(26)15-24-10-12-25(13-11-24)16-21(27)23(4)14-19-9-7-6-8-17(19)2/h6-9,18H,5,10-16H2,1-4H3,(H,22,26). The fraction of sp³-hybridized carbons (Fsp3) is 0.619. The van der Waals surface area contributed by atoms with E-state index in [-0.39, 0.29) is 17.9 Å². The number of likely N-dealkylation sites (N-methyl/N-ethyl adjacent to an activating group) is 1. The molecule has 1 atom stereocenters. The van der Waals surface area contributed by atoms with Gasteiger partial charge in [0.15, 0.2) is 0 Å². The molecule has 1 aromatic rings. The molecule has 1 saturated heterocycles. The molecule has 0 aliphatic carbocycles. The number of piperazine rings is 1. The van der Waals surface area contributed by atoms with Gasteiger partial charge >= 0.3 is 0 Å². The van der Waals surface area contributed by atoms with Crippen LogP contribution in [0, 0.1) is 6.92 Å². The summed E-state index contributed by atoms with van der Waals surface area (Å²) in [5.41, 5.74) is 2.40. The van der Waals surface area contributed by atoms with Crippen LogP contribution in [-0.4, -0.2) is 78.9 Å². The Labute approximate surface area is 163 Å². The lowest BCUT2D eigenvalue weighted by atomic mass is 10.1. The third-order valence-electron chi connectivity index (χ3n) is 5.31. The number of carbonyl (C=O) groups excluding carboxylic acids is 2. The monoisotopic (exact) mass is 374 g/mol. The highest BCUT2D eigenvalue weighted by molar-refractivity contribution is 5.78. The lowest BCUT2D eigenvalue weighted by Crippen LogP contribution is -2.52. The molecule has 0 bridgehead atoms. The molecule has 0 aromatic heterocycles. The second-order valence-electron chi connectivity index (χ2n) is 7.61. The van der Waals surface area contributed by atoms with Crippen LogP contribution in [0.4, 0.5) is 0 Å². The zero-order valence-electron chi connectivity index (χ0n) is 17.2. The predicted octanol–water partition coefficient (Wildman–Crippen LogP) is 1.49. The summed E-state index contributed by atoms with van der Waals surface area (Å²) in [6, 6.07) is 8.40. The molecule has 0 saturated carbocycles. The molecule has 27 heavy (non-hydrogen) atoms. The highest BCUT2D eigenvalue weighted by atomic mass is 16.2. The van der Waals surface area contributed by atoms with E-state index in [0.29, 0.717) is 19.6 Å². The van der Waals surface area contributed by atoms with E-state index in [0.717, 1.165) is 32.6 Å². The van der Waals surface area contributed by atoms with Gasteiger partial charge in [0.2, 0.25) is 11.8 Å². The number of hydrogen-bond donors (Lipinski definition) is 1. The van der Waals surface area contributed by atoms with Gasteiger partial charge in [-0.15, -0.1) is 0 Å². The molecule has 1 N–H and O–H groups in total. The van der Waals surface area contributed by atoms with Crippen LogP contribution in [0.5, 0.6) is 0 Å². The molecule has 1 aliphatic rings. The minimum Gasteiger partial charge on any atom is -0.353 e. The smallest absolute Gasteiger partial charge is 0.236 e. The molecule has 2 rings (SSSR count). The SMILES string of the molecule is CCC(C)NC(=O)CN1CCN(CC(=O)N(C)Cc2ccccc2C)CC1. The van der Waals surface area contributed by atoms with Crippen molar-refractivity contribution < 1.29 is 9.59 Å². The Morgan fingerprint density at radius 1 is 1.11 bits per heavy atom. The number of amides is 2. The number of nitrogens with zero attached hydrogens (tertiary/aromatic N) is 3. The van der Waals surface area contributed by atoms with E-state index in [1.807, 2.05) is 26.1 Å². The summed E-state index contributed by atoms with van der Waals surface area (Å²) in [6.07, 6.45) is 0.942. The van der Waals surface area contributed by atoms with Crippen LogP contribution in [0.3, 0.4) is 0 Å². The molecule has 150 valence electrons. The topological polar surface area (TPSA) is 55.9 Å². The van der Waals surface area contributed by atoms with E-state index in [4.69, 9.17) is 0 Å². The van der Waals surface area contributed by atoms with E-state index in [1.54, 1.807) is 4.90 Å². The Hall–Kier alpha value is -1.92. The molecule has 1 aromatic carbocycles. The number of aryl methyl sites for hydroxylation is 1. The quantitative estimate of drug-likeness (QED) is 0.749. The summed E-state index contributed by atoms with van der Waals surface area (Å²) in [4.78, 5) is 30.7. The maximum Gasteiger partial charge on any atom is 0.236 e. The Balaban J connectivity index is 1.72. The molecule has 0 radical (unpaired) electrons. The highest BCUT2D eigenvalue weighted by Crippen LogP contribution is 2.10. The van der Waals surface area contributed by atoms with Crippen LogP contribution < -0.4 is 5.32 Å². The normalized spacial score (nSPS) is 16.7. The second kappa shape index (κ2) is 10.4. The zero-order chi connectivity index (χ0) is 19.8. The molecular formula is C21H34N4O2. The largest absolute Gasteiger partial charge is 0.353 e. The number of hydrogen-bond acceptors (Lipinski definition) is 4. The number of carbonyl (C=O) groups is 2. The van der Waals surface area contributed by atoms with E-state index >= 15 is 0 Å². The molecular weight excluding hydrogens is 340 g/mol. The second-order valence-corrected chi connectivity index (χ2v) is 7.61. The summed E-state index contributed by atoms with van der Waals surface area (Å²) in [6.45, 7) is 11.0. The number of rotatable bonds is 8. The fourth-order valence-electron chi connectivity index (χ4n) is 3.17. The van der Waals surface area contributed by atoms with Crippen molar-refractivity contribution in [3.8, 4) is 0 Å². The average Bonchev–Trinajstić information content (AvgIpc) is 2.64. The van der Waals surface area contributed by atoms with Crippen molar-refractivity contribution in [2.24, 2.45) is 0 Å². The Morgan fingerprint density at radius 3 is 2.30 bits per heavy atom. The molecule has 1 unspecified atom stereocenters. The first-order valence-electron chi connectivity index (χ1n) is 9.91. The third kappa shape index (κ3) is 6.96. The molecule has 6 heteroatoms. The Morgan fingerprint density at radius 2 is 1.70 bits per heavy atom. The van der Waals surface area contributed by atoms with E-state index in [9.17, 15) is 9.59 Å². The first-order chi connectivity index (χ1) is 12.9. The predicted molar refractivity (Wildman–Crippen MR) is 108 cm³/mol. The number of nitrogens with one attached hydrogen (secondary N) is 1. The summed E-state index contributed by atoms with van der Waals surface area (Å²) < 4.78 is 0. The van der Waals surface area contributed by atoms with Gasteiger partial charge in [-0.25, -0.2) is 0 Å². The van der Waals surface area contributed by atoms with Crippen LogP contribution in [0.25, 0.3) is 0 Å². The molecule has 6 nitrogen and oxygen atoms in total. The van der Waals surface area contributed by atoms with Gasteiger partial charge in [0, 0.05) is 45.8 Å². The van der Waals surface area contributed by atoms with Gasteiger partial charge in [-0.05, 0) is 31.4 Å². The number of benzene rings is 1. The minimum absolute atomic E-state index is 0.0897. The van der Waals surface area contributed by atoms with Gasteiger partial charge in [0.25, 0.3) is 0 Å². The molecule has 1 heterocycles. The van der Waals surface area contributed by atoms with Crippen molar-refractivity contribution in [1.29, 1.82) is 0 Å². The van der Waals surface area contributed by atoms with Gasteiger partial charge in [-0.2, -0.15) is 0 Å². The van der Waals surface area contributed by atoms with Gasteiger partial charge in [-0.3, -0.25) is 19.4 Å². The lowest BCUT2D eigenvalue weighted by molar-refractivity contribution is -0.132. The molecule has 1 aliphatic heterocycles. The Kier molecular flexibility index (Phi) is 8.25. The fourth-order valence-corrected chi connectivity index (χ4v) is 3.17. The van der Waals surface area contributed by atoms with Crippen molar-refractivity contribution in [3.63, 3.8) is 0 Å². The van der Waals surface area contributed by atoms with E-state index in [1.165, 1.54) is 11.1 Å².